The van der Waals surface area contributed by atoms with Gasteiger partial charge in [-0.2, -0.15) is 4.68 Å². The molecule has 0 N–H and O–H groups in total. The molecule has 1 fully saturated rings. The van der Waals surface area contributed by atoms with Gasteiger partial charge in [-0.15, -0.1) is 5.10 Å². The van der Waals surface area contributed by atoms with Gasteiger partial charge in [-0.1, -0.05) is 48.2 Å². The minimum absolute atomic E-state index is 0.122. The molecule has 4 rings (SSSR count). The van der Waals surface area contributed by atoms with Crippen LogP contribution < -0.4 is 4.90 Å². The van der Waals surface area contributed by atoms with Crippen LogP contribution in [-0.4, -0.2) is 62.9 Å². The normalized spacial score (nSPS) is 14.3. The lowest BCUT2D eigenvalue weighted by Crippen LogP contribution is -2.49. The summed E-state index contributed by atoms with van der Waals surface area (Å²) in [7, 11) is 0. The monoisotopic (exact) mass is 394 g/mol. The van der Waals surface area contributed by atoms with Gasteiger partial charge in [0.05, 0.1) is 11.4 Å². The van der Waals surface area contributed by atoms with Crippen molar-refractivity contribution < 1.29 is 4.79 Å². The van der Waals surface area contributed by atoms with Crippen LogP contribution in [0.2, 0.25) is 0 Å². The highest BCUT2D eigenvalue weighted by molar-refractivity contribution is 7.99. The van der Waals surface area contributed by atoms with Crippen LogP contribution in [0.1, 0.15) is 5.56 Å². The van der Waals surface area contributed by atoms with Crippen LogP contribution >= 0.6 is 11.8 Å². The van der Waals surface area contributed by atoms with Crippen molar-refractivity contribution in [1.82, 2.24) is 25.1 Å². The molecule has 0 radical (unpaired) electrons. The highest BCUT2D eigenvalue weighted by atomic mass is 32.2. The predicted octanol–water partition coefficient (Wildman–Crippen LogP) is 2.41. The number of thioether (sulfide) groups is 1. The van der Waals surface area contributed by atoms with E-state index in [0.717, 1.165) is 37.4 Å². The van der Waals surface area contributed by atoms with Gasteiger partial charge in [0.2, 0.25) is 11.1 Å². The number of hydrogen-bond acceptors (Lipinski definition) is 6. The van der Waals surface area contributed by atoms with Gasteiger partial charge in [0.15, 0.2) is 0 Å². The molecule has 8 heteroatoms. The van der Waals surface area contributed by atoms with Gasteiger partial charge in [0.25, 0.3) is 0 Å². The number of aromatic nitrogens is 4. The number of hydrogen-bond donors (Lipinski definition) is 0. The molecule has 1 saturated heterocycles. The second-order valence-corrected chi connectivity index (χ2v) is 7.59. The highest BCUT2D eigenvalue weighted by Gasteiger charge is 2.22. The molecule has 0 bridgehead atoms. The van der Waals surface area contributed by atoms with E-state index in [9.17, 15) is 4.79 Å². The van der Waals surface area contributed by atoms with Crippen molar-refractivity contribution >= 4 is 23.4 Å². The molecule has 28 heavy (non-hydrogen) atoms. The molecule has 3 aromatic rings. The van der Waals surface area contributed by atoms with Crippen molar-refractivity contribution in [3.8, 4) is 5.69 Å². The van der Waals surface area contributed by atoms with Crippen LogP contribution in [0, 0.1) is 6.92 Å². The first-order valence-corrected chi connectivity index (χ1v) is 10.3. The van der Waals surface area contributed by atoms with Crippen LogP contribution in [-0.2, 0) is 4.79 Å². The minimum atomic E-state index is 0.122. The van der Waals surface area contributed by atoms with E-state index in [4.69, 9.17) is 0 Å². The number of piperazine rings is 1. The van der Waals surface area contributed by atoms with Gasteiger partial charge < -0.3 is 9.80 Å². The number of amides is 1. The molecule has 0 saturated carbocycles. The third kappa shape index (κ3) is 4.01. The van der Waals surface area contributed by atoms with E-state index in [1.807, 2.05) is 54.3 Å². The van der Waals surface area contributed by atoms with Gasteiger partial charge in [-0.05, 0) is 41.1 Å². The van der Waals surface area contributed by atoms with Crippen molar-refractivity contribution in [1.29, 1.82) is 0 Å². The fourth-order valence-electron chi connectivity index (χ4n) is 3.29. The Morgan fingerprint density at radius 1 is 1.00 bits per heavy atom. The number of para-hydroxylation sites is 2. The van der Waals surface area contributed by atoms with Gasteiger partial charge in [0.1, 0.15) is 0 Å². The molecule has 0 unspecified atom stereocenters. The number of tetrazole rings is 1. The highest BCUT2D eigenvalue weighted by Crippen LogP contribution is 2.21. The SMILES string of the molecule is Cc1ccccc1-n1nnnc1SCC(=O)N1CCN(c2ccccc2)CC1. The maximum Gasteiger partial charge on any atom is 0.233 e. The summed E-state index contributed by atoms with van der Waals surface area (Å²) in [5.74, 6) is 0.453. The lowest BCUT2D eigenvalue weighted by atomic mass is 10.2. The molecule has 0 aliphatic carbocycles. The van der Waals surface area contributed by atoms with Gasteiger partial charge >= 0.3 is 0 Å². The van der Waals surface area contributed by atoms with Crippen molar-refractivity contribution in [2.45, 2.75) is 12.1 Å². The lowest BCUT2D eigenvalue weighted by Gasteiger charge is -2.36. The zero-order valence-corrected chi connectivity index (χ0v) is 16.5. The average molecular weight is 395 g/mol. The van der Waals surface area contributed by atoms with E-state index < -0.39 is 0 Å². The molecule has 0 spiro atoms. The molecule has 2 aromatic carbocycles. The molecule has 1 aromatic heterocycles. The summed E-state index contributed by atoms with van der Waals surface area (Å²) in [4.78, 5) is 16.9. The number of anilines is 1. The molecular weight excluding hydrogens is 372 g/mol. The minimum Gasteiger partial charge on any atom is -0.368 e. The topological polar surface area (TPSA) is 67.2 Å². The van der Waals surface area contributed by atoms with E-state index in [-0.39, 0.29) is 5.91 Å². The number of carbonyl (C=O) groups excluding carboxylic acids is 1. The quantitative estimate of drug-likeness (QED) is 0.619. The van der Waals surface area contributed by atoms with Crippen LogP contribution in [0.25, 0.3) is 5.69 Å². The lowest BCUT2D eigenvalue weighted by molar-refractivity contribution is -0.128. The van der Waals surface area contributed by atoms with Crippen LogP contribution in [0.4, 0.5) is 5.69 Å². The second kappa shape index (κ2) is 8.43. The second-order valence-electron chi connectivity index (χ2n) is 6.65. The maximum atomic E-state index is 12.7. The number of nitrogens with zero attached hydrogens (tertiary/aromatic N) is 6. The van der Waals surface area contributed by atoms with Crippen molar-refractivity contribution in [3.05, 3.63) is 60.2 Å². The Morgan fingerprint density at radius 3 is 2.46 bits per heavy atom. The predicted molar refractivity (Wildman–Crippen MR) is 110 cm³/mol. The summed E-state index contributed by atoms with van der Waals surface area (Å²) in [6.45, 7) is 5.18. The molecule has 144 valence electrons. The van der Waals surface area contributed by atoms with Gasteiger partial charge in [-0.25, -0.2) is 0 Å². The summed E-state index contributed by atoms with van der Waals surface area (Å²) in [6.07, 6.45) is 0. The number of carbonyl (C=O) groups is 1. The first-order valence-electron chi connectivity index (χ1n) is 9.27. The maximum absolute atomic E-state index is 12.7. The fraction of sp³-hybridized carbons (Fsp3) is 0.300. The number of rotatable bonds is 5. The van der Waals surface area contributed by atoms with E-state index in [0.29, 0.717) is 10.9 Å². The van der Waals surface area contributed by atoms with Crippen LogP contribution in [0.15, 0.2) is 59.8 Å². The standard InChI is InChI=1S/C20H22N6OS/c1-16-7-5-6-10-18(16)26-20(21-22-23-26)28-15-19(27)25-13-11-24(12-14-25)17-8-3-2-4-9-17/h2-10H,11-15H2,1H3. The molecule has 1 amide bonds. The zero-order chi connectivity index (χ0) is 19.3. The molecule has 0 atom stereocenters. The number of benzene rings is 2. The van der Waals surface area contributed by atoms with Gasteiger partial charge in [-0.3, -0.25) is 4.79 Å². The first-order chi connectivity index (χ1) is 13.7. The van der Waals surface area contributed by atoms with Crippen molar-refractivity contribution in [2.24, 2.45) is 0 Å². The Kier molecular flexibility index (Phi) is 5.57. The van der Waals surface area contributed by atoms with Crippen LogP contribution in [0.3, 0.4) is 0 Å². The van der Waals surface area contributed by atoms with Crippen molar-refractivity contribution in [3.63, 3.8) is 0 Å². The molecule has 7 nitrogen and oxygen atoms in total. The van der Waals surface area contributed by atoms with E-state index in [2.05, 4.69) is 32.6 Å². The Morgan fingerprint density at radius 2 is 1.71 bits per heavy atom. The number of aryl methyl sites for hydroxylation is 1. The molecular formula is C20H22N6OS. The van der Waals surface area contributed by atoms with E-state index >= 15 is 0 Å². The average Bonchev–Trinajstić information content (AvgIpc) is 3.21. The van der Waals surface area contributed by atoms with Gasteiger partial charge in [0, 0.05) is 31.9 Å². The zero-order valence-electron chi connectivity index (χ0n) is 15.7. The first kappa shape index (κ1) is 18.5. The Balaban J connectivity index is 1.34. The largest absolute Gasteiger partial charge is 0.368 e. The Bertz CT molecular complexity index is 937. The summed E-state index contributed by atoms with van der Waals surface area (Å²) in [6, 6.07) is 18.3. The summed E-state index contributed by atoms with van der Waals surface area (Å²) < 4.78 is 1.70. The molecule has 1 aliphatic rings. The Labute approximate surface area is 168 Å². The Hall–Kier alpha value is -2.87. The van der Waals surface area contributed by atoms with E-state index in [1.54, 1.807) is 4.68 Å². The van der Waals surface area contributed by atoms with E-state index in [1.165, 1.54) is 17.4 Å². The summed E-state index contributed by atoms with van der Waals surface area (Å²) >= 11 is 1.38. The fourth-order valence-corrected chi connectivity index (χ4v) is 4.08. The molecule has 2 heterocycles. The molecule has 1 aliphatic heterocycles. The third-order valence-corrected chi connectivity index (χ3v) is 5.77. The summed E-state index contributed by atoms with van der Waals surface area (Å²) in [5.41, 5.74) is 3.22. The van der Waals surface area contributed by atoms with Crippen LogP contribution in [0.5, 0.6) is 0 Å². The smallest absolute Gasteiger partial charge is 0.233 e. The van der Waals surface area contributed by atoms with Crippen molar-refractivity contribution in [2.75, 3.05) is 36.8 Å². The summed E-state index contributed by atoms with van der Waals surface area (Å²) in [5, 5.41) is 12.6. The third-order valence-electron chi connectivity index (χ3n) is 4.86.